The molecule has 0 fully saturated rings. The number of primary sulfonamides is 1. The molecular weight excluding hydrogens is 340 g/mol. The number of amides is 1. The fourth-order valence-electron chi connectivity index (χ4n) is 1.64. The van der Waals surface area contributed by atoms with E-state index in [-0.39, 0.29) is 9.92 Å². The molecule has 0 spiro atoms. The highest BCUT2D eigenvalue weighted by atomic mass is 35.5. The lowest BCUT2D eigenvalue weighted by Gasteiger charge is -2.19. The van der Waals surface area contributed by atoms with Crippen LogP contribution in [0.4, 0.5) is 4.79 Å². The molecule has 0 saturated carbocycles. The lowest BCUT2D eigenvalue weighted by atomic mass is 10.2. The monoisotopic (exact) mass is 360 g/mol. The van der Waals surface area contributed by atoms with E-state index >= 15 is 0 Å². The zero-order valence-corrected chi connectivity index (χ0v) is 14.9. The molecule has 1 aromatic carbocycles. The zero-order chi connectivity index (χ0) is 17.7. The summed E-state index contributed by atoms with van der Waals surface area (Å²) in [7, 11) is -3.82. The van der Waals surface area contributed by atoms with Gasteiger partial charge in [0.1, 0.15) is 10.5 Å². The van der Waals surface area contributed by atoms with E-state index in [0.717, 1.165) is 5.56 Å². The molecule has 1 rings (SSSR count). The average Bonchev–Trinajstić information content (AvgIpc) is 2.34. The molecule has 0 aliphatic heterocycles. The van der Waals surface area contributed by atoms with Crippen molar-refractivity contribution in [2.24, 2.45) is 5.14 Å². The van der Waals surface area contributed by atoms with E-state index in [2.05, 4.69) is 5.32 Å². The number of carbonyl (C=O) groups excluding carboxylic acids is 1. The predicted octanol–water partition coefficient (Wildman–Crippen LogP) is 2.92. The summed E-state index contributed by atoms with van der Waals surface area (Å²) < 4.78 is 27.6. The van der Waals surface area contributed by atoms with E-state index in [0.29, 0.717) is 13.0 Å². The van der Waals surface area contributed by atoms with Crippen LogP contribution in [0.3, 0.4) is 0 Å². The smallest absolute Gasteiger partial charge is 0.407 e. The molecule has 0 heterocycles. The number of sulfonamides is 1. The summed E-state index contributed by atoms with van der Waals surface area (Å²) in [5.74, 6) is 0. The molecule has 128 valence electrons. The quantitative estimate of drug-likeness (QED) is 0.788. The van der Waals surface area contributed by atoms with Crippen molar-refractivity contribution < 1.29 is 17.9 Å². The zero-order valence-electron chi connectivity index (χ0n) is 13.3. The van der Waals surface area contributed by atoms with Crippen molar-refractivity contribution in [3.63, 3.8) is 0 Å². The lowest BCUT2D eigenvalue weighted by molar-refractivity contribution is 0.0529. The van der Waals surface area contributed by atoms with E-state index in [4.69, 9.17) is 21.5 Å². The molecule has 1 amide bonds. The van der Waals surface area contributed by atoms with Gasteiger partial charge in [-0.1, -0.05) is 29.8 Å². The highest BCUT2D eigenvalue weighted by molar-refractivity contribution is 7.89. The number of nitrogens with one attached hydrogen (secondary N) is 1. The molecule has 0 atom stereocenters. The molecule has 0 aliphatic carbocycles. The van der Waals surface area contributed by atoms with Gasteiger partial charge in [-0.25, -0.2) is 18.4 Å². The second-order valence-electron chi connectivity index (χ2n) is 5.85. The first-order valence-corrected chi connectivity index (χ1v) is 8.87. The molecule has 0 radical (unpaired) electrons. The van der Waals surface area contributed by atoms with Crippen molar-refractivity contribution >= 4 is 33.8 Å². The van der Waals surface area contributed by atoms with Gasteiger partial charge < -0.3 is 10.1 Å². The second kappa shape index (κ2) is 7.81. The minimum atomic E-state index is -3.82. The van der Waals surface area contributed by atoms with Crippen LogP contribution < -0.4 is 10.5 Å². The fourth-order valence-corrected chi connectivity index (χ4v) is 2.74. The third-order valence-electron chi connectivity index (χ3n) is 2.55. The predicted molar refractivity (Wildman–Crippen MR) is 90.7 cm³/mol. The Balaban J connectivity index is 2.50. The average molecular weight is 361 g/mol. The second-order valence-corrected chi connectivity index (χ2v) is 7.79. The van der Waals surface area contributed by atoms with Crippen molar-refractivity contribution in [3.8, 4) is 0 Å². The third-order valence-corrected chi connectivity index (χ3v) is 3.95. The molecule has 6 nitrogen and oxygen atoms in total. The van der Waals surface area contributed by atoms with Gasteiger partial charge in [0.05, 0.1) is 5.02 Å². The molecule has 23 heavy (non-hydrogen) atoms. The van der Waals surface area contributed by atoms with Crippen LogP contribution >= 0.6 is 11.6 Å². The highest BCUT2D eigenvalue weighted by Gasteiger charge is 2.15. The van der Waals surface area contributed by atoms with Gasteiger partial charge in [-0.05, 0) is 44.9 Å². The van der Waals surface area contributed by atoms with Crippen molar-refractivity contribution in [1.29, 1.82) is 0 Å². The first-order valence-electron chi connectivity index (χ1n) is 6.95. The Morgan fingerprint density at radius 1 is 1.39 bits per heavy atom. The Morgan fingerprint density at radius 3 is 2.57 bits per heavy atom. The van der Waals surface area contributed by atoms with Crippen molar-refractivity contribution in [2.45, 2.75) is 37.7 Å². The van der Waals surface area contributed by atoms with E-state index in [1.54, 1.807) is 32.9 Å². The third kappa shape index (κ3) is 7.49. The highest BCUT2D eigenvalue weighted by Crippen LogP contribution is 2.22. The fraction of sp³-hybridized carbons (Fsp3) is 0.400. The Hall–Kier alpha value is -1.57. The first-order chi connectivity index (χ1) is 10.5. The standard InChI is InChI=1S/C15H21ClN2O4S/c1-15(2,3)22-14(19)18-9-5-4-6-11-7-8-13(12(16)10-11)23(17,20)21/h4,6-8,10H,5,9H2,1-3H3,(H,18,19)(H2,17,20,21). The van der Waals surface area contributed by atoms with Gasteiger partial charge in [-0.15, -0.1) is 0 Å². The normalized spacial score (nSPS) is 12.4. The summed E-state index contributed by atoms with van der Waals surface area (Å²) in [6.45, 7) is 5.80. The summed E-state index contributed by atoms with van der Waals surface area (Å²) in [6.07, 6.45) is 3.73. The largest absolute Gasteiger partial charge is 0.444 e. The number of alkyl carbamates (subject to hydrolysis) is 1. The van der Waals surface area contributed by atoms with Gasteiger partial charge in [-0.3, -0.25) is 0 Å². The van der Waals surface area contributed by atoms with Crippen LogP contribution in [0.5, 0.6) is 0 Å². The molecule has 0 unspecified atom stereocenters. The molecule has 0 aliphatic rings. The Bertz CT molecular complexity index is 694. The van der Waals surface area contributed by atoms with Crippen LogP contribution in [0.15, 0.2) is 29.2 Å². The SMILES string of the molecule is CC(C)(C)OC(=O)NCCC=Cc1ccc(S(N)(=O)=O)c(Cl)c1. The van der Waals surface area contributed by atoms with Gasteiger partial charge in [0.2, 0.25) is 10.0 Å². The van der Waals surface area contributed by atoms with E-state index in [1.165, 1.54) is 12.1 Å². The van der Waals surface area contributed by atoms with E-state index in [1.807, 2.05) is 6.08 Å². The minimum absolute atomic E-state index is 0.0709. The lowest BCUT2D eigenvalue weighted by Crippen LogP contribution is -2.32. The van der Waals surface area contributed by atoms with E-state index < -0.39 is 21.7 Å². The van der Waals surface area contributed by atoms with Gasteiger partial charge in [-0.2, -0.15) is 0 Å². The van der Waals surface area contributed by atoms with Gasteiger partial charge >= 0.3 is 6.09 Å². The summed E-state index contributed by atoms with van der Waals surface area (Å²) in [6, 6.07) is 4.47. The molecule has 0 bridgehead atoms. The summed E-state index contributed by atoms with van der Waals surface area (Å²) >= 11 is 5.89. The van der Waals surface area contributed by atoms with E-state index in [9.17, 15) is 13.2 Å². The molecule has 3 N–H and O–H groups in total. The number of ether oxygens (including phenoxy) is 1. The maximum atomic E-state index is 11.4. The number of carbonyl (C=O) groups is 1. The maximum absolute atomic E-state index is 11.4. The van der Waals surface area contributed by atoms with Gasteiger partial charge in [0.15, 0.2) is 0 Å². The van der Waals surface area contributed by atoms with Crippen molar-refractivity contribution in [1.82, 2.24) is 5.32 Å². The van der Waals surface area contributed by atoms with Crippen LogP contribution in [0.1, 0.15) is 32.8 Å². The van der Waals surface area contributed by atoms with Crippen molar-refractivity contribution in [3.05, 3.63) is 34.9 Å². The van der Waals surface area contributed by atoms with Gasteiger partial charge in [0, 0.05) is 6.54 Å². The number of nitrogens with two attached hydrogens (primary N) is 1. The molecule has 8 heteroatoms. The molecule has 1 aromatic rings. The summed E-state index contributed by atoms with van der Waals surface area (Å²) in [5.41, 5.74) is 0.210. The Morgan fingerprint density at radius 2 is 2.04 bits per heavy atom. The Labute approximate surface area is 141 Å². The van der Waals surface area contributed by atoms with Crippen molar-refractivity contribution in [2.75, 3.05) is 6.54 Å². The van der Waals surface area contributed by atoms with Crippen LogP contribution in [0, 0.1) is 0 Å². The summed E-state index contributed by atoms with van der Waals surface area (Å²) in [5, 5.41) is 7.74. The number of benzene rings is 1. The number of hydrogen-bond acceptors (Lipinski definition) is 4. The topological polar surface area (TPSA) is 98.5 Å². The Kier molecular flexibility index (Phi) is 6.61. The number of rotatable bonds is 5. The van der Waals surface area contributed by atoms with Crippen LogP contribution in [-0.2, 0) is 14.8 Å². The molecular formula is C15H21ClN2O4S. The van der Waals surface area contributed by atoms with Gasteiger partial charge in [0.25, 0.3) is 0 Å². The number of halogens is 1. The maximum Gasteiger partial charge on any atom is 0.407 e. The molecule has 0 aromatic heterocycles. The van der Waals surface area contributed by atoms with Crippen LogP contribution in [-0.4, -0.2) is 26.7 Å². The van der Waals surface area contributed by atoms with Crippen LogP contribution in [0.2, 0.25) is 5.02 Å². The number of hydrogen-bond donors (Lipinski definition) is 2. The molecule has 0 saturated heterocycles. The summed E-state index contributed by atoms with van der Waals surface area (Å²) in [4.78, 5) is 11.3. The van der Waals surface area contributed by atoms with Crippen LogP contribution in [0.25, 0.3) is 6.08 Å². The minimum Gasteiger partial charge on any atom is -0.444 e. The first kappa shape index (κ1) is 19.5.